The summed E-state index contributed by atoms with van der Waals surface area (Å²) in [5, 5.41) is 8.25. The fraction of sp³-hybridized carbons (Fsp3) is 0.250. The van der Waals surface area contributed by atoms with E-state index in [0.717, 1.165) is 37.1 Å². The highest BCUT2D eigenvalue weighted by atomic mass is 16.4. The van der Waals surface area contributed by atoms with Crippen molar-refractivity contribution in [1.29, 1.82) is 0 Å². The van der Waals surface area contributed by atoms with E-state index in [1.54, 1.807) is 0 Å². The Labute approximate surface area is 146 Å². The third-order valence-corrected chi connectivity index (χ3v) is 4.50. The number of hydrogen-bond donors (Lipinski definition) is 0. The van der Waals surface area contributed by atoms with E-state index in [9.17, 15) is 4.79 Å². The average Bonchev–Trinajstić information content (AvgIpc) is 3.34. The van der Waals surface area contributed by atoms with Crippen molar-refractivity contribution < 1.29 is 9.21 Å². The van der Waals surface area contributed by atoms with Crippen molar-refractivity contribution in [2.75, 3.05) is 13.1 Å². The molecule has 0 saturated carbocycles. The lowest BCUT2D eigenvalue weighted by Gasteiger charge is -2.15. The van der Waals surface area contributed by atoms with Crippen LogP contribution in [0.1, 0.15) is 28.8 Å². The molecule has 1 saturated heterocycles. The van der Waals surface area contributed by atoms with Gasteiger partial charge in [-0.3, -0.25) is 4.79 Å². The summed E-state index contributed by atoms with van der Waals surface area (Å²) in [6.07, 6.45) is 2.18. The van der Waals surface area contributed by atoms with E-state index in [2.05, 4.69) is 10.2 Å². The molecule has 0 atom stereocenters. The fourth-order valence-electron chi connectivity index (χ4n) is 3.01. The highest BCUT2D eigenvalue weighted by Gasteiger charge is 2.19. The van der Waals surface area contributed by atoms with Crippen LogP contribution in [0.15, 0.2) is 52.9 Å². The minimum absolute atomic E-state index is 0.0925. The molecular weight excluding hydrogens is 314 g/mol. The van der Waals surface area contributed by atoms with Crippen molar-refractivity contribution in [3.63, 3.8) is 0 Å². The van der Waals surface area contributed by atoms with E-state index in [4.69, 9.17) is 4.42 Å². The summed E-state index contributed by atoms with van der Waals surface area (Å²) in [4.78, 5) is 14.3. The van der Waals surface area contributed by atoms with Gasteiger partial charge in [-0.15, -0.1) is 10.2 Å². The first kappa shape index (κ1) is 15.6. The third kappa shape index (κ3) is 3.18. The monoisotopic (exact) mass is 333 g/mol. The molecule has 1 aliphatic heterocycles. The van der Waals surface area contributed by atoms with Crippen molar-refractivity contribution in [2.24, 2.45) is 0 Å². The number of hydrogen-bond acceptors (Lipinski definition) is 4. The average molecular weight is 333 g/mol. The Kier molecular flexibility index (Phi) is 4.06. The summed E-state index contributed by atoms with van der Waals surface area (Å²) in [6, 6.07) is 15.3. The minimum Gasteiger partial charge on any atom is -0.416 e. The number of rotatable bonds is 3. The number of carbonyl (C=O) groups is 1. The molecule has 0 radical (unpaired) electrons. The number of carbonyl (C=O) groups excluding carboxylic acids is 1. The molecule has 0 bridgehead atoms. The maximum atomic E-state index is 12.4. The highest BCUT2D eigenvalue weighted by Crippen LogP contribution is 2.24. The van der Waals surface area contributed by atoms with Gasteiger partial charge in [0, 0.05) is 29.8 Å². The predicted octanol–water partition coefficient (Wildman–Crippen LogP) is 3.95. The smallest absolute Gasteiger partial charge is 0.253 e. The molecule has 1 aliphatic rings. The van der Waals surface area contributed by atoms with Crippen LogP contribution in [-0.2, 0) is 0 Å². The number of aromatic nitrogens is 2. The number of nitrogens with zero attached hydrogens (tertiary/aromatic N) is 3. The molecule has 2 heterocycles. The number of amides is 1. The van der Waals surface area contributed by atoms with Crippen molar-refractivity contribution in [3.05, 3.63) is 59.7 Å². The van der Waals surface area contributed by atoms with E-state index in [1.165, 1.54) is 5.56 Å². The van der Waals surface area contributed by atoms with Gasteiger partial charge < -0.3 is 9.32 Å². The Morgan fingerprint density at radius 3 is 1.96 bits per heavy atom. The molecule has 3 aromatic rings. The predicted molar refractivity (Wildman–Crippen MR) is 95.0 cm³/mol. The van der Waals surface area contributed by atoms with Gasteiger partial charge in [-0.25, -0.2) is 0 Å². The molecule has 0 N–H and O–H groups in total. The number of aryl methyl sites for hydroxylation is 1. The zero-order valence-electron chi connectivity index (χ0n) is 14.1. The van der Waals surface area contributed by atoms with Crippen LogP contribution in [0, 0.1) is 6.92 Å². The quantitative estimate of drug-likeness (QED) is 0.728. The molecule has 5 nitrogen and oxygen atoms in total. The van der Waals surface area contributed by atoms with E-state index in [1.807, 2.05) is 60.4 Å². The normalized spacial score (nSPS) is 14.0. The van der Waals surface area contributed by atoms with Gasteiger partial charge in [-0.2, -0.15) is 0 Å². The van der Waals surface area contributed by atoms with Gasteiger partial charge in [0.2, 0.25) is 11.8 Å². The van der Waals surface area contributed by atoms with Crippen LogP contribution >= 0.6 is 0 Å². The third-order valence-electron chi connectivity index (χ3n) is 4.50. The molecule has 0 spiro atoms. The zero-order chi connectivity index (χ0) is 17.2. The van der Waals surface area contributed by atoms with Gasteiger partial charge in [0.1, 0.15) is 0 Å². The fourth-order valence-corrected chi connectivity index (χ4v) is 3.01. The second-order valence-corrected chi connectivity index (χ2v) is 6.36. The van der Waals surface area contributed by atoms with Crippen LogP contribution in [0.2, 0.25) is 0 Å². The minimum atomic E-state index is 0.0925. The lowest BCUT2D eigenvalue weighted by molar-refractivity contribution is 0.0793. The maximum Gasteiger partial charge on any atom is 0.253 e. The van der Waals surface area contributed by atoms with Gasteiger partial charge in [-0.05, 0) is 56.2 Å². The molecule has 1 fully saturated rings. The van der Waals surface area contributed by atoms with Gasteiger partial charge in [0.05, 0.1) is 0 Å². The summed E-state index contributed by atoms with van der Waals surface area (Å²) < 4.78 is 5.78. The van der Waals surface area contributed by atoms with E-state index >= 15 is 0 Å². The summed E-state index contributed by atoms with van der Waals surface area (Å²) >= 11 is 0. The summed E-state index contributed by atoms with van der Waals surface area (Å²) in [5.41, 5.74) is 3.58. The lowest BCUT2D eigenvalue weighted by atomic mass is 10.1. The topological polar surface area (TPSA) is 59.2 Å². The number of likely N-dealkylation sites (tertiary alicyclic amines) is 1. The maximum absolute atomic E-state index is 12.4. The molecule has 25 heavy (non-hydrogen) atoms. The molecule has 5 heteroatoms. The molecular formula is C20H19N3O2. The van der Waals surface area contributed by atoms with Crippen molar-refractivity contribution in [3.8, 4) is 22.9 Å². The van der Waals surface area contributed by atoms with E-state index in [-0.39, 0.29) is 5.91 Å². The van der Waals surface area contributed by atoms with Crippen LogP contribution in [0.25, 0.3) is 22.9 Å². The Morgan fingerprint density at radius 1 is 0.880 bits per heavy atom. The molecule has 4 rings (SSSR count). The lowest BCUT2D eigenvalue weighted by Crippen LogP contribution is -2.27. The van der Waals surface area contributed by atoms with E-state index < -0.39 is 0 Å². The Morgan fingerprint density at radius 2 is 1.40 bits per heavy atom. The van der Waals surface area contributed by atoms with Crippen molar-refractivity contribution in [2.45, 2.75) is 19.8 Å². The van der Waals surface area contributed by atoms with Crippen LogP contribution in [0.5, 0.6) is 0 Å². The van der Waals surface area contributed by atoms with Gasteiger partial charge in [0.15, 0.2) is 0 Å². The highest BCUT2D eigenvalue weighted by molar-refractivity contribution is 5.94. The van der Waals surface area contributed by atoms with Crippen LogP contribution in [0.3, 0.4) is 0 Å². The summed E-state index contributed by atoms with van der Waals surface area (Å²) in [5.74, 6) is 1.04. The first-order valence-electron chi connectivity index (χ1n) is 8.51. The van der Waals surface area contributed by atoms with Crippen molar-refractivity contribution in [1.82, 2.24) is 15.1 Å². The molecule has 1 aromatic heterocycles. The Bertz CT molecular complexity index is 876. The van der Waals surface area contributed by atoms with Crippen LogP contribution in [-0.4, -0.2) is 34.1 Å². The molecule has 1 amide bonds. The standard InChI is InChI=1S/C20H19N3O2/c1-14-4-6-15(7-5-14)18-21-22-19(25-18)16-8-10-17(11-9-16)20(24)23-12-2-3-13-23/h4-11H,2-3,12-13H2,1H3. The van der Waals surface area contributed by atoms with Gasteiger partial charge in [-0.1, -0.05) is 17.7 Å². The van der Waals surface area contributed by atoms with Crippen LogP contribution in [0.4, 0.5) is 0 Å². The van der Waals surface area contributed by atoms with Gasteiger partial charge >= 0.3 is 0 Å². The molecule has 0 aliphatic carbocycles. The largest absolute Gasteiger partial charge is 0.416 e. The summed E-state index contributed by atoms with van der Waals surface area (Å²) in [6.45, 7) is 3.74. The van der Waals surface area contributed by atoms with Crippen LogP contribution < -0.4 is 0 Å². The second-order valence-electron chi connectivity index (χ2n) is 6.36. The van der Waals surface area contributed by atoms with Crippen molar-refractivity contribution >= 4 is 5.91 Å². The zero-order valence-corrected chi connectivity index (χ0v) is 14.1. The summed E-state index contributed by atoms with van der Waals surface area (Å²) in [7, 11) is 0. The molecule has 2 aromatic carbocycles. The Hall–Kier alpha value is -2.95. The Balaban J connectivity index is 1.54. The first-order chi connectivity index (χ1) is 12.2. The first-order valence-corrected chi connectivity index (χ1v) is 8.51. The van der Waals surface area contributed by atoms with Gasteiger partial charge in [0.25, 0.3) is 5.91 Å². The molecule has 126 valence electrons. The SMILES string of the molecule is Cc1ccc(-c2nnc(-c3ccc(C(=O)N4CCCC4)cc3)o2)cc1. The second kappa shape index (κ2) is 6.51. The molecule has 0 unspecified atom stereocenters. The van der Waals surface area contributed by atoms with E-state index in [0.29, 0.717) is 17.3 Å². The number of benzene rings is 2.